The first-order chi connectivity index (χ1) is 13.4. The molecule has 1 amide bonds. The van der Waals surface area contributed by atoms with Crippen molar-refractivity contribution in [1.29, 1.82) is 0 Å². The van der Waals surface area contributed by atoms with Gasteiger partial charge in [0.2, 0.25) is 0 Å². The van der Waals surface area contributed by atoms with Crippen LogP contribution >= 0.6 is 0 Å². The highest BCUT2D eigenvalue weighted by molar-refractivity contribution is 5.97. The van der Waals surface area contributed by atoms with E-state index >= 15 is 0 Å². The van der Waals surface area contributed by atoms with E-state index in [0.717, 1.165) is 11.3 Å². The van der Waals surface area contributed by atoms with Gasteiger partial charge in [0.05, 0.1) is 36.2 Å². The number of rotatable bonds is 3. The highest BCUT2D eigenvalue weighted by Crippen LogP contribution is 2.23. The first-order valence-electron chi connectivity index (χ1n) is 8.91. The number of benzene rings is 1. The van der Waals surface area contributed by atoms with Crippen molar-refractivity contribution in [1.82, 2.24) is 29.4 Å². The minimum Gasteiger partial charge on any atom is -0.480 e. The lowest BCUT2D eigenvalue weighted by atomic mass is 10.1. The quantitative estimate of drug-likeness (QED) is 0.738. The van der Waals surface area contributed by atoms with Crippen LogP contribution in [0.4, 0.5) is 0 Å². The average molecular weight is 380 g/mol. The summed E-state index contributed by atoms with van der Waals surface area (Å²) < 4.78 is 3.43. The van der Waals surface area contributed by atoms with Crippen molar-refractivity contribution in [3.63, 3.8) is 0 Å². The predicted molar refractivity (Wildman–Crippen MR) is 99.1 cm³/mol. The van der Waals surface area contributed by atoms with Gasteiger partial charge in [0.1, 0.15) is 11.9 Å². The summed E-state index contributed by atoms with van der Waals surface area (Å²) in [4.78, 5) is 26.4. The highest BCUT2D eigenvalue weighted by Gasteiger charge is 2.37. The van der Waals surface area contributed by atoms with Crippen LogP contribution in [-0.2, 0) is 17.9 Å². The predicted octanol–water partition coefficient (Wildman–Crippen LogP) is 1.50. The van der Waals surface area contributed by atoms with Crippen molar-refractivity contribution in [2.24, 2.45) is 0 Å². The van der Waals surface area contributed by atoms with E-state index in [-0.39, 0.29) is 19.0 Å². The minimum atomic E-state index is -1.06. The Hall–Kier alpha value is -3.49. The fraction of sp³-hybridized carbons (Fsp3) is 0.316. The number of carbonyl (C=O) groups excluding carboxylic acids is 1. The molecule has 0 aliphatic carbocycles. The van der Waals surface area contributed by atoms with Crippen LogP contribution in [0.5, 0.6) is 0 Å². The van der Waals surface area contributed by atoms with Gasteiger partial charge < -0.3 is 14.6 Å². The van der Waals surface area contributed by atoms with Gasteiger partial charge in [-0.25, -0.2) is 9.48 Å². The smallest absolute Gasteiger partial charge is 0.328 e. The molecule has 0 spiro atoms. The van der Waals surface area contributed by atoms with Gasteiger partial charge in [0, 0.05) is 0 Å². The van der Waals surface area contributed by atoms with Gasteiger partial charge in [-0.05, 0) is 38.5 Å². The highest BCUT2D eigenvalue weighted by atomic mass is 16.4. The van der Waals surface area contributed by atoms with E-state index in [1.807, 2.05) is 31.2 Å². The van der Waals surface area contributed by atoms with Crippen molar-refractivity contribution in [2.45, 2.75) is 39.9 Å². The van der Waals surface area contributed by atoms with Crippen LogP contribution < -0.4 is 0 Å². The summed E-state index contributed by atoms with van der Waals surface area (Å²) in [5.41, 5.74) is 2.96. The molecule has 0 radical (unpaired) electrons. The Morgan fingerprint density at radius 2 is 1.96 bits per heavy atom. The number of hydrogen-bond donors (Lipinski definition) is 1. The molecule has 2 aromatic heterocycles. The van der Waals surface area contributed by atoms with Gasteiger partial charge >= 0.3 is 5.97 Å². The van der Waals surface area contributed by atoms with Crippen molar-refractivity contribution in [3.8, 4) is 5.69 Å². The molecule has 1 unspecified atom stereocenters. The third kappa shape index (κ3) is 2.84. The second kappa shape index (κ2) is 6.59. The third-order valence-electron chi connectivity index (χ3n) is 5.09. The molecular formula is C19H20N6O3. The van der Waals surface area contributed by atoms with Crippen molar-refractivity contribution in [3.05, 3.63) is 58.9 Å². The first kappa shape index (κ1) is 17.9. The number of amides is 1. The normalized spacial score (nSPS) is 16.1. The maximum Gasteiger partial charge on any atom is 0.328 e. The Bertz CT molecular complexity index is 1080. The van der Waals surface area contributed by atoms with Crippen LogP contribution in [0.1, 0.15) is 33.3 Å². The number of nitrogens with zero attached hydrogens (tertiary/aromatic N) is 6. The van der Waals surface area contributed by atoms with E-state index in [1.54, 1.807) is 23.1 Å². The number of hydrogen-bond acceptors (Lipinski definition) is 5. The first-order valence-corrected chi connectivity index (χ1v) is 8.91. The number of carbonyl (C=O) groups is 2. The molecule has 3 heterocycles. The number of carboxylic acids is 1. The molecule has 28 heavy (non-hydrogen) atoms. The molecule has 0 saturated carbocycles. The van der Waals surface area contributed by atoms with Gasteiger partial charge in [0.15, 0.2) is 5.82 Å². The maximum atomic E-state index is 13.2. The average Bonchev–Trinajstić information content (AvgIpc) is 3.23. The molecule has 144 valence electrons. The summed E-state index contributed by atoms with van der Waals surface area (Å²) in [7, 11) is 0. The second-order valence-electron chi connectivity index (χ2n) is 6.96. The van der Waals surface area contributed by atoms with Crippen LogP contribution in [0.3, 0.4) is 0 Å². The molecule has 1 N–H and O–H groups in total. The van der Waals surface area contributed by atoms with Gasteiger partial charge in [-0.1, -0.05) is 12.1 Å². The van der Waals surface area contributed by atoms with Gasteiger partial charge in [0.25, 0.3) is 5.91 Å². The molecule has 1 aliphatic rings. The van der Waals surface area contributed by atoms with E-state index in [2.05, 4.69) is 15.3 Å². The third-order valence-corrected chi connectivity index (χ3v) is 5.09. The molecule has 4 rings (SSSR count). The van der Waals surface area contributed by atoms with E-state index < -0.39 is 12.0 Å². The Morgan fingerprint density at radius 1 is 1.18 bits per heavy atom. The van der Waals surface area contributed by atoms with Crippen LogP contribution in [0, 0.1) is 20.8 Å². The molecular weight excluding hydrogens is 360 g/mol. The lowest BCUT2D eigenvalue weighted by Crippen LogP contribution is -2.50. The summed E-state index contributed by atoms with van der Waals surface area (Å²) >= 11 is 0. The second-order valence-corrected chi connectivity index (χ2v) is 6.96. The number of carboxylic acid groups (broad SMARTS) is 1. The zero-order chi connectivity index (χ0) is 20.0. The van der Waals surface area contributed by atoms with E-state index in [1.165, 1.54) is 11.1 Å². The summed E-state index contributed by atoms with van der Waals surface area (Å²) in [5, 5.41) is 22.1. The number of aryl methyl sites for hydroxylation is 2. The van der Waals surface area contributed by atoms with E-state index in [0.29, 0.717) is 22.9 Å². The van der Waals surface area contributed by atoms with Crippen molar-refractivity contribution < 1.29 is 14.7 Å². The van der Waals surface area contributed by atoms with E-state index in [9.17, 15) is 14.7 Å². The van der Waals surface area contributed by atoms with Crippen LogP contribution in [-0.4, -0.2) is 52.5 Å². The van der Waals surface area contributed by atoms with Crippen LogP contribution in [0.15, 0.2) is 30.5 Å². The summed E-state index contributed by atoms with van der Waals surface area (Å²) in [5.74, 6) is -0.226. The Balaban J connectivity index is 1.70. The van der Waals surface area contributed by atoms with E-state index in [4.69, 9.17) is 0 Å². The fourth-order valence-electron chi connectivity index (χ4n) is 3.53. The van der Waals surface area contributed by atoms with Crippen molar-refractivity contribution >= 4 is 11.9 Å². The summed E-state index contributed by atoms with van der Waals surface area (Å²) in [6, 6.07) is 6.80. The lowest BCUT2D eigenvalue weighted by Gasteiger charge is -2.33. The Labute approximate surface area is 161 Å². The van der Waals surface area contributed by atoms with Gasteiger partial charge in [-0.15, -0.1) is 10.2 Å². The minimum absolute atomic E-state index is 0.0890. The Kier molecular flexibility index (Phi) is 4.21. The van der Waals surface area contributed by atoms with Gasteiger partial charge in [-0.2, -0.15) is 5.10 Å². The zero-order valence-electron chi connectivity index (χ0n) is 15.8. The zero-order valence-corrected chi connectivity index (χ0v) is 15.8. The standard InChI is InChI=1S/C19H20N6O3/c1-11-5-4-6-14(7-11)25-12(2)15(8-20-25)18(26)24-10-17-22-21-13(3)23(17)9-16(24)19(27)28/h4-8,16H,9-10H2,1-3H3,(H,27,28). The summed E-state index contributed by atoms with van der Waals surface area (Å²) in [6.07, 6.45) is 1.49. The maximum absolute atomic E-state index is 13.2. The molecule has 9 nitrogen and oxygen atoms in total. The molecule has 0 saturated heterocycles. The number of aliphatic carboxylic acids is 1. The monoisotopic (exact) mass is 380 g/mol. The number of aromatic nitrogens is 5. The molecule has 1 aliphatic heterocycles. The molecule has 0 bridgehead atoms. The lowest BCUT2D eigenvalue weighted by molar-refractivity contribution is -0.143. The molecule has 0 fully saturated rings. The largest absolute Gasteiger partial charge is 0.480 e. The Morgan fingerprint density at radius 3 is 2.68 bits per heavy atom. The fourth-order valence-corrected chi connectivity index (χ4v) is 3.53. The topological polar surface area (TPSA) is 106 Å². The SMILES string of the molecule is Cc1cccc(-n2ncc(C(=O)N3Cc4nnc(C)n4CC3C(=O)O)c2C)c1. The molecule has 1 aromatic carbocycles. The molecule has 3 aromatic rings. The van der Waals surface area contributed by atoms with Crippen LogP contribution in [0.25, 0.3) is 5.69 Å². The number of fused-ring (bicyclic) bond motifs is 1. The summed E-state index contributed by atoms with van der Waals surface area (Å²) in [6.45, 7) is 5.77. The van der Waals surface area contributed by atoms with Gasteiger partial charge in [-0.3, -0.25) is 4.79 Å². The van der Waals surface area contributed by atoms with Crippen LogP contribution in [0.2, 0.25) is 0 Å². The molecule has 1 atom stereocenters. The molecule has 9 heteroatoms. The van der Waals surface area contributed by atoms with Crippen molar-refractivity contribution in [2.75, 3.05) is 0 Å².